The van der Waals surface area contributed by atoms with Crippen molar-refractivity contribution in [2.24, 2.45) is 5.92 Å². The molecule has 2 aromatic rings. The monoisotopic (exact) mass is 416 g/mol. The molecule has 162 valence electrons. The number of esters is 1. The fraction of sp³-hybridized carbons (Fsp3) is 0.435. The summed E-state index contributed by atoms with van der Waals surface area (Å²) in [6.45, 7) is 9.93. The molecule has 2 rings (SSSR count). The van der Waals surface area contributed by atoms with E-state index < -0.39 is 17.7 Å². The van der Waals surface area contributed by atoms with Crippen molar-refractivity contribution in [2.75, 3.05) is 20.2 Å². The molecule has 0 saturated heterocycles. The van der Waals surface area contributed by atoms with Gasteiger partial charge < -0.3 is 14.2 Å². The van der Waals surface area contributed by atoms with Gasteiger partial charge in [-0.1, -0.05) is 19.9 Å². The Labute approximate surface area is 176 Å². The van der Waals surface area contributed by atoms with E-state index in [1.54, 1.807) is 18.4 Å². The molecule has 0 N–H and O–H groups in total. The van der Waals surface area contributed by atoms with E-state index in [1.165, 1.54) is 36.3 Å². The van der Waals surface area contributed by atoms with Gasteiger partial charge in [0.15, 0.2) is 5.78 Å². The van der Waals surface area contributed by atoms with Crippen molar-refractivity contribution < 1.29 is 23.5 Å². The Hall–Kier alpha value is -2.96. The van der Waals surface area contributed by atoms with Gasteiger partial charge in [-0.05, 0) is 50.5 Å². The second-order valence-electron chi connectivity index (χ2n) is 7.68. The number of halogens is 1. The Morgan fingerprint density at radius 1 is 1.20 bits per heavy atom. The lowest BCUT2D eigenvalue weighted by molar-refractivity contribution is 0.0587. The number of hydrogen-bond donors (Lipinski definition) is 0. The van der Waals surface area contributed by atoms with Gasteiger partial charge in [-0.3, -0.25) is 9.59 Å². The number of carbonyl (C=O) groups excluding carboxylic acids is 3. The largest absolute Gasteiger partial charge is 0.464 e. The third-order valence-electron chi connectivity index (χ3n) is 5.02. The molecular formula is C23H29FN2O4. The van der Waals surface area contributed by atoms with Crippen LogP contribution in [0.1, 0.15) is 63.2 Å². The molecule has 0 saturated carbocycles. The minimum absolute atomic E-state index is 0.114. The molecule has 0 aliphatic rings. The molecule has 0 unspecified atom stereocenters. The number of rotatable bonds is 8. The smallest absolute Gasteiger partial charge is 0.354 e. The lowest BCUT2D eigenvalue weighted by Crippen LogP contribution is -2.38. The van der Waals surface area contributed by atoms with Crippen LogP contribution < -0.4 is 0 Å². The molecule has 1 amide bonds. The van der Waals surface area contributed by atoms with Gasteiger partial charge in [0.05, 0.1) is 13.7 Å². The van der Waals surface area contributed by atoms with Gasteiger partial charge in [-0.2, -0.15) is 0 Å². The maximum atomic E-state index is 13.6. The lowest BCUT2D eigenvalue weighted by Gasteiger charge is -2.24. The van der Waals surface area contributed by atoms with Gasteiger partial charge >= 0.3 is 5.97 Å². The number of carbonyl (C=O) groups is 3. The minimum Gasteiger partial charge on any atom is -0.464 e. The molecule has 0 spiro atoms. The third kappa shape index (κ3) is 4.78. The van der Waals surface area contributed by atoms with Gasteiger partial charge in [-0.25, -0.2) is 9.18 Å². The van der Waals surface area contributed by atoms with Gasteiger partial charge in [0.1, 0.15) is 11.5 Å². The van der Waals surface area contributed by atoms with Crippen LogP contribution in [0.25, 0.3) is 0 Å². The zero-order valence-electron chi connectivity index (χ0n) is 18.4. The van der Waals surface area contributed by atoms with Gasteiger partial charge in [0.2, 0.25) is 0 Å². The molecule has 7 heteroatoms. The molecule has 0 aliphatic heterocycles. The summed E-state index contributed by atoms with van der Waals surface area (Å²) < 4.78 is 20.2. The highest BCUT2D eigenvalue weighted by Crippen LogP contribution is 2.24. The fourth-order valence-electron chi connectivity index (χ4n) is 3.78. The molecule has 6 nitrogen and oxygen atoms in total. The summed E-state index contributed by atoms with van der Waals surface area (Å²) >= 11 is 0. The molecule has 0 radical (unpaired) electrons. The summed E-state index contributed by atoms with van der Waals surface area (Å²) in [7, 11) is 1.30. The number of Topliss-reactive ketones (excluding diaryl/α,β-unsaturated/α-hetero) is 1. The summed E-state index contributed by atoms with van der Waals surface area (Å²) in [6.07, 6.45) is 0. The van der Waals surface area contributed by atoms with Crippen molar-refractivity contribution in [2.45, 2.75) is 41.2 Å². The molecule has 0 bridgehead atoms. The maximum Gasteiger partial charge on any atom is 0.354 e. The number of ether oxygens (including phenoxy) is 1. The van der Waals surface area contributed by atoms with Gasteiger partial charge in [-0.15, -0.1) is 0 Å². The zero-order chi connectivity index (χ0) is 22.6. The number of aromatic nitrogens is 1. The molecule has 0 fully saturated rings. The van der Waals surface area contributed by atoms with Crippen molar-refractivity contribution in [1.82, 2.24) is 9.47 Å². The van der Waals surface area contributed by atoms with Crippen LogP contribution in [0.5, 0.6) is 0 Å². The quantitative estimate of drug-likeness (QED) is 0.481. The summed E-state index contributed by atoms with van der Waals surface area (Å²) in [5.41, 5.74) is 2.14. The molecule has 0 atom stereocenters. The van der Waals surface area contributed by atoms with Gasteiger partial charge in [0.25, 0.3) is 5.91 Å². The highest BCUT2D eigenvalue weighted by molar-refractivity contribution is 6.06. The van der Waals surface area contributed by atoms with E-state index in [0.717, 1.165) is 0 Å². The SMILES string of the molecule is CCn1c(C)c(C(=O)CN(CC(C)C)C(=O)c2cccc(F)c2)c(C)c1C(=O)OC. The number of hydrogen-bond acceptors (Lipinski definition) is 4. The molecule has 1 aromatic carbocycles. The Morgan fingerprint density at radius 3 is 2.40 bits per heavy atom. The Morgan fingerprint density at radius 2 is 1.87 bits per heavy atom. The number of benzene rings is 1. The van der Waals surface area contributed by atoms with Crippen LogP contribution in [0.4, 0.5) is 4.39 Å². The highest BCUT2D eigenvalue weighted by atomic mass is 19.1. The van der Waals surface area contributed by atoms with E-state index in [-0.39, 0.29) is 23.8 Å². The van der Waals surface area contributed by atoms with Crippen molar-refractivity contribution in [3.63, 3.8) is 0 Å². The van der Waals surface area contributed by atoms with E-state index >= 15 is 0 Å². The normalized spacial score (nSPS) is 10.9. The van der Waals surface area contributed by atoms with Crippen LogP contribution in [0.2, 0.25) is 0 Å². The molecule has 0 aliphatic carbocycles. The first-order valence-electron chi connectivity index (χ1n) is 9.98. The van der Waals surface area contributed by atoms with Crippen molar-refractivity contribution in [1.29, 1.82) is 0 Å². The Balaban J connectivity index is 2.42. The zero-order valence-corrected chi connectivity index (χ0v) is 18.4. The van der Waals surface area contributed by atoms with Crippen LogP contribution in [-0.2, 0) is 11.3 Å². The predicted molar refractivity (Wildman–Crippen MR) is 112 cm³/mol. The molecule has 30 heavy (non-hydrogen) atoms. The standard InChI is InChI=1S/C23H29FN2O4/c1-7-26-16(5)20(15(4)21(26)23(29)30-6)19(27)13-25(12-14(2)3)22(28)17-9-8-10-18(24)11-17/h8-11,14H,7,12-13H2,1-6H3. The molecule has 1 heterocycles. The van der Waals surface area contributed by atoms with E-state index in [0.29, 0.717) is 35.6 Å². The Kier molecular flexibility index (Phi) is 7.54. The Bertz CT molecular complexity index is 962. The van der Waals surface area contributed by atoms with E-state index in [4.69, 9.17) is 4.74 Å². The van der Waals surface area contributed by atoms with Crippen LogP contribution in [0, 0.1) is 25.6 Å². The first kappa shape index (κ1) is 23.3. The average Bonchev–Trinajstić information content (AvgIpc) is 2.95. The number of methoxy groups -OCH3 is 1. The number of ketones is 1. The topological polar surface area (TPSA) is 68.6 Å². The first-order chi connectivity index (χ1) is 14.1. The van der Waals surface area contributed by atoms with Crippen LogP contribution in [0.3, 0.4) is 0 Å². The van der Waals surface area contributed by atoms with Gasteiger partial charge in [0, 0.05) is 29.9 Å². The van der Waals surface area contributed by atoms with E-state index in [1.807, 2.05) is 20.8 Å². The van der Waals surface area contributed by atoms with Crippen molar-refractivity contribution >= 4 is 17.7 Å². The highest BCUT2D eigenvalue weighted by Gasteiger charge is 2.28. The first-order valence-corrected chi connectivity index (χ1v) is 9.98. The number of amides is 1. The van der Waals surface area contributed by atoms with Crippen molar-refractivity contribution in [3.05, 3.63) is 58.2 Å². The lowest BCUT2D eigenvalue weighted by atomic mass is 10.0. The molecule has 1 aromatic heterocycles. The summed E-state index contributed by atoms with van der Waals surface area (Å²) in [4.78, 5) is 39.9. The van der Waals surface area contributed by atoms with E-state index in [9.17, 15) is 18.8 Å². The maximum absolute atomic E-state index is 13.6. The minimum atomic E-state index is -0.508. The summed E-state index contributed by atoms with van der Waals surface area (Å²) in [6, 6.07) is 5.43. The second kappa shape index (κ2) is 9.69. The van der Waals surface area contributed by atoms with Crippen LogP contribution in [0.15, 0.2) is 24.3 Å². The van der Waals surface area contributed by atoms with E-state index in [2.05, 4.69) is 0 Å². The average molecular weight is 416 g/mol. The summed E-state index contributed by atoms with van der Waals surface area (Å²) in [5, 5.41) is 0. The van der Waals surface area contributed by atoms with Crippen LogP contribution >= 0.6 is 0 Å². The van der Waals surface area contributed by atoms with Crippen molar-refractivity contribution in [3.8, 4) is 0 Å². The molecular weight excluding hydrogens is 387 g/mol. The number of nitrogens with zero attached hydrogens (tertiary/aromatic N) is 2. The fourth-order valence-corrected chi connectivity index (χ4v) is 3.78. The predicted octanol–water partition coefficient (Wildman–Crippen LogP) is 4.03. The van der Waals surface area contributed by atoms with Crippen LogP contribution in [-0.4, -0.2) is 47.3 Å². The third-order valence-corrected chi connectivity index (χ3v) is 5.02. The summed E-state index contributed by atoms with van der Waals surface area (Å²) in [5.74, 6) is -1.58. The second-order valence-corrected chi connectivity index (χ2v) is 7.68.